The van der Waals surface area contributed by atoms with Gasteiger partial charge in [0.05, 0.1) is 5.69 Å². The zero-order chi connectivity index (χ0) is 15.8. The second kappa shape index (κ2) is 5.84. The van der Waals surface area contributed by atoms with Crippen molar-refractivity contribution in [1.82, 2.24) is 19.2 Å². The van der Waals surface area contributed by atoms with Gasteiger partial charge in [-0.05, 0) is 20.1 Å². The second-order valence-electron chi connectivity index (χ2n) is 4.12. The third-order valence-electron chi connectivity index (χ3n) is 2.92. The Hall–Kier alpha value is -1.29. The van der Waals surface area contributed by atoms with Crippen LogP contribution in [0.1, 0.15) is 16.8 Å². The lowest BCUT2D eigenvalue weighted by molar-refractivity contribution is -0.137. The molecule has 0 unspecified atom stereocenters. The Balaban J connectivity index is 2.72. The molecule has 2 heterocycles. The fraction of sp³-hybridized carbons (Fsp3) is 0.364. The molecule has 0 spiro atoms. The molecule has 0 aliphatic rings. The summed E-state index contributed by atoms with van der Waals surface area (Å²) in [6.45, 7) is 3.15. The normalized spacial score (nSPS) is 12.0. The third-order valence-corrected chi connectivity index (χ3v) is 3.97. The van der Waals surface area contributed by atoms with Crippen LogP contribution in [0, 0.1) is 13.8 Å². The quantitative estimate of drug-likeness (QED) is 0.479. The summed E-state index contributed by atoms with van der Waals surface area (Å²) in [6, 6.07) is 0. The smallest absolute Gasteiger partial charge is 0.230 e. The van der Waals surface area contributed by atoms with Crippen LogP contribution in [0.2, 0.25) is 0 Å². The fourth-order valence-electron chi connectivity index (χ4n) is 1.70. The molecule has 0 bridgehead atoms. The minimum absolute atomic E-state index is 0.00248. The SMILES string of the molecule is CSc1ncc(C(F)(F)F)c(-c2nn(SF)c(C)c2C)n1. The largest absolute Gasteiger partial charge is 0.420 e. The second-order valence-corrected chi connectivity index (χ2v) is 5.37. The Morgan fingerprint density at radius 2 is 1.86 bits per heavy atom. The average Bonchev–Trinajstić information content (AvgIpc) is 2.73. The van der Waals surface area contributed by atoms with E-state index in [2.05, 4.69) is 15.1 Å². The lowest BCUT2D eigenvalue weighted by Gasteiger charge is -2.11. The molecule has 0 N–H and O–H groups in total. The molecule has 0 atom stereocenters. The van der Waals surface area contributed by atoms with Crippen LogP contribution in [0.5, 0.6) is 0 Å². The van der Waals surface area contributed by atoms with Crippen molar-refractivity contribution in [2.45, 2.75) is 25.2 Å². The monoisotopic (exact) mass is 338 g/mol. The average molecular weight is 338 g/mol. The number of halogens is 4. The molecule has 21 heavy (non-hydrogen) atoms. The Morgan fingerprint density at radius 3 is 2.33 bits per heavy atom. The number of hydrogen-bond donors (Lipinski definition) is 0. The highest BCUT2D eigenvalue weighted by molar-refractivity contribution is 7.98. The van der Waals surface area contributed by atoms with E-state index in [1.807, 2.05) is 0 Å². The molecular weight excluding hydrogens is 328 g/mol. The lowest BCUT2D eigenvalue weighted by Crippen LogP contribution is -2.10. The molecule has 2 aromatic rings. The van der Waals surface area contributed by atoms with Crippen molar-refractivity contribution in [3.63, 3.8) is 0 Å². The van der Waals surface area contributed by atoms with Gasteiger partial charge in [0.1, 0.15) is 17.0 Å². The summed E-state index contributed by atoms with van der Waals surface area (Å²) in [6.07, 6.45) is -2.23. The van der Waals surface area contributed by atoms with Gasteiger partial charge in [-0.3, -0.25) is 0 Å². The predicted molar refractivity (Wildman–Crippen MR) is 73.6 cm³/mol. The van der Waals surface area contributed by atoms with Crippen LogP contribution in [0.25, 0.3) is 11.4 Å². The Bertz CT molecular complexity index is 669. The maximum Gasteiger partial charge on any atom is 0.420 e. The van der Waals surface area contributed by atoms with Crippen molar-refractivity contribution in [1.29, 1.82) is 0 Å². The zero-order valence-corrected chi connectivity index (χ0v) is 12.8. The van der Waals surface area contributed by atoms with E-state index >= 15 is 0 Å². The number of hydrogen-bond acceptors (Lipinski definition) is 5. The molecule has 0 aliphatic carbocycles. The van der Waals surface area contributed by atoms with Gasteiger partial charge in [0.15, 0.2) is 17.5 Å². The van der Waals surface area contributed by atoms with Gasteiger partial charge in [-0.15, -0.1) is 3.89 Å². The van der Waals surface area contributed by atoms with Gasteiger partial charge in [0, 0.05) is 11.8 Å². The summed E-state index contributed by atoms with van der Waals surface area (Å²) < 4.78 is 52.9. The number of rotatable bonds is 3. The molecule has 4 nitrogen and oxygen atoms in total. The van der Waals surface area contributed by atoms with Gasteiger partial charge in [-0.2, -0.15) is 22.4 Å². The van der Waals surface area contributed by atoms with Crippen LogP contribution in [-0.2, 0) is 6.18 Å². The van der Waals surface area contributed by atoms with E-state index in [-0.39, 0.29) is 28.9 Å². The zero-order valence-electron chi connectivity index (χ0n) is 11.2. The summed E-state index contributed by atoms with van der Waals surface area (Å²) in [7, 11) is 0. The van der Waals surface area contributed by atoms with Crippen molar-refractivity contribution in [3.8, 4) is 11.4 Å². The summed E-state index contributed by atoms with van der Waals surface area (Å²) in [5.74, 6) is 0. The van der Waals surface area contributed by atoms with Gasteiger partial charge in [-0.25, -0.2) is 9.97 Å². The van der Waals surface area contributed by atoms with Crippen molar-refractivity contribution < 1.29 is 17.1 Å². The number of thioether (sulfide) groups is 1. The molecule has 0 radical (unpaired) electrons. The first-order valence-electron chi connectivity index (χ1n) is 5.63. The Morgan fingerprint density at radius 1 is 1.19 bits per heavy atom. The van der Waals surface area contributed by atoms with Crippen LogP contribution < -0.4 is 0 Å². The van der Waals surface area contributed by atoms with E-state index in [0.717, 1.165) is 22.0 Å². The molecule has 0 amide bonds. The Kier molecular flexibility index (Phi) is 4.47. The van der Waals surface area contributed by atoms with E-state index < -0.39 is 11.7 Å². The van der Waals surface area contributed by atoms with E-state index in [4.69, 9.17) is 0 Å². The van der Waals surface area contributed by atoms with Crippen molar-refractivity contribution in [2.24, 2.45) is 0 Å². The molecule has 0 fully saturated rings. The highest BCUT2D eigenvalue weighted by atomic mass is 32.2. The van der Waals surface area contributed by atoms with Crippen LogP contribution in [0.3, 0.4) is 0 Å². The van der Waals surface area contributed by atoms with Crippen molar-refractivity contribution >= 4 is 24.1 Å². The van der Waals surface area contributed by atoms with Crippen molar-refractivity contribution in [2.75, 3.05) is 6.26 Å². The topological polar surface area (TPSA) is 43.6 Å². The molecular formula is C11H10F4N4S2. The fourth-order valence-corrected chi connectivity index (χ4v) is 2.39. The van der Waals surface area contributed by atoms with Gasteiger partial charge in [0.25, 0.3) is 0 Å². The van der Waals surface area contributed by atoms with E-state index in [1.165, 1.54) is 0 Å². The summed E-state index contributed by atoms with van der Waals surface area (Å²) in [5, 5.41) is 4.04. The first kappa shape index (κ1) is 16.1. The third kappa shape index (κ3) is 3.00. The molecule has 0 saturated heterocycles. The molecule has 2 rings (SSSR count). The highest BCUT2D eigenvalue weighted by Gasteiger charge is 2.36. The van der Waals surface area contributed by atoms with Gasteiger partial charge < -0.3 is 0 Å². The molecule has 2 aromatic heterocycles. The number of alkyl halides is 3. The molecule has 114 valence electrons. The maximum atomic E-state index is 13.1. The molecule has 0 aromatic carbocycles. The first-order valence-corrected chi connectivity index (χ1v) is 7.53. The number of nitrogens with zero attached hydrogens (tertiary/aromatic N) is 4. The van der Waals surface area contributed by atoms with E-state index in [0.29, 0.717) is 11.3 Å². The minimum atomic E-state index is -4.61. The Labute approximate surface area is 126 Å². The molecule has 10 heteroatoms. The first-order chi connectivity index (χ1) is 9.79. The van der Waals surface area contributed by atoms with Gasteiger partial charge in [-0.1, -0.05) is 11.8 Å². The van der Waals surface area contributed by atoms with E-state index in [1.54, 1.807) is 20.1 Å². The summed E-state index contributed by atoms with van der Waals surface area (Å²) in [4.78, 5) is 7.55. The van der Waals surface area contributed by atoms with E-state index in [9.17, 15) is 17.1 Å². The number of aromatic nitrogens is 4. The van der Waals surface area contributed by atoms with Gasteiger partial charge >= 0.3 is 6.18 Å². The standard InChI is InChI=1S/C11H10F4N4S2/c1-5-6(2)19(21-15)18-8(5)9-7(11(12,13)14)4-16-10(17-9)20-3/h4H,1-3H3. The van der Waals surface area contributed by atoms with Crippen LogP contribution in [0.4, 0.5) is 17.1 Å². The van der Waals surface area contributed by atoms with Crippen LogP contribution in [-0.4, -0.2) is 25.4 Å². The summed E-state index contributed by atoms with van der Waals surface area (Å²) in [5.41, 5.74) is -0.457. The maximum absolute atomic E-state index is 13.1. The van der Waals surface area contributed by atoms with Gasteiger partial charge in [0.2, 0.25) is 0 Å². The minimum Gasteiger partial charge on any atom is -0.230 e. The van der Waals surface area contributed by atoms with Crippen LogP contribution in [0.15, 0.2) is 11.4 Å². The van der Waals surface area contributed by atoms with Crippen molar-refractivity contribution in [3.05, 3.63) is 23.0 Å². The van der Waals surface area contributed by atoms with Crippen LogP contribution >= 0.6 is 24.1 Å². The highest BCUT2D eigenvalue weighted by Crippen LogP contribution is 2.37. The summed E-state index contributed by atoms with van der Waals surface area (Å²) >= 11 is 0.940. The lowest BCUT2D eigenvalue weighted by atomic mass is 10.1. The molecule has 0 saturated carbocycles. The predicted octanol–water partition coefficient (Wildman–Crippen LogP) is 4.08. The molecule has 0 aliphatic heterocycles.